The van der Waals surface area contributed by atoms with E-state index in [9.17, 15) is 24.3 Å². The van der Waals surface area contributed by atoms with Crippen LogP contribution in [0.4, 0.5) is 0 Å². The zero-order valence-electron chi connectivity index (χ0n) is 16.1. The van der Waals surface area contributed by atoms with Gasteiger partial charge in [0.2, 0.25) is 17.7 Å². The molecule has 1 aliphatic heterocycles. The van der Waals surface area contributed by atoms with Crippen molar-refractivity contribution in [3.63, 3.8) is 0 Å². The molecule has 0 aromatic rings. The lowest BCUT2D eigenvalue weighted by molar-refractivity contribution is -0.145. The number of nitrogens with one attached hydrogen (secondary N) is 2. The molecule has 0 aromatic carbocycles. The molecule has 11 nitrogen and oxygen atoms in total. The molecule has 0 saturated carbocycles. The molecule has 1 heterocycles. The number of aliphatic hydroxyl groups excluding tert-OH is 1. The Morgan fingerprint density at radius 1 is 1.21 bits per heavy atom. The van der Waals surface area contributed by atoms with Crippen molar-refractivity contribution >= 4 is 23.7 Å². The summed E-state index contributed by atoms with van der Waals surface area (Å²) in [5.41, 5.74) is 10.8. The number of rotatable bonds is 11. The minimum absolute atomic E-state index is 0.254. The van der Waals surface area contributed by atoms with Gasteiger partial charge >= 0.3 is 5.97 Å². The Labute approximate surface area is 163 Å². The van der Waals surface area contributed by atoms with Gasteiger partial charge in [-0.2, -0.15) is 0 Å². The SMILES string of the molecule is CC(NC(=O)C(N)CO)C(=O)N1CCCC1C(=O)NC(CCCCN)C(=O)O. The molecule has 0 spiro atoms. The molecule has 8 N–H and O–H groups in total. The number of unbranched alkanes of at least 4 members (excludes halogenated alkanes) is 1. The van der Waals surface area contributed by atoms with E-state index in [4.69, 9.17) is 16.6 Å². The molecule has 1 rings (SSSR count). The second kappa shape index (κ2) is 11.6. The molecular formula is C17H31N5O6. The Bertz CT molecular complexity index is 572. The molecule has 1 aliphatic rings. The van der Waals surface area contributed by atoms with Gasteiger partial charge in [-0.3, -0.25) is 14.4 Å². The number of carbonyl (C=O) groups is 4. The largest absolute Gasteiger partial charge is 0.480 e. The van der Waals surface area contributed by atoms with Crippen molar-refractivity contribution in [1.82, 2.24) is 15.5 Å². The van der Waals surface area contributed by atoms with Gasteiger partial charge in [0, 0.05) is 6.54 Å². The monoisotopic (exact) mass is 401 g/mol. The summed E-state index contributed by atoms with van der Waals surface area (Å²) in [6, 6.07) is -3.91. The average molecular weight is 401 g/mol. The van der Waals surface area contributed by atoms with E-state index in [-0.39, 0.29) is 6.42 Å². The highest BCUT2D eigenvalue weighted by atomic mass is 16.4. The summed E-state index contributed by atoms with van der Waals surface area (Å²) in [4.78, 5) is 49.7. The van der Waals surface area contributed by atoms with Crippen LogP contribution in [0.3, 0.4) is 0 Å². The topological polar surface area (TPSA) is 188 Å². The third kappa shape index (κ3) is 6.73. The molecule has 0 aliphatic carbocycles. The van der Waals surface area contributed by atoms with Gasteiger partial charge in [-0.15, -0.1) is 0 Å². The maximum Gasteiger partial charge on any atom is 0.326 e. The van der Waals surface area contributed by atoms with Gasteiger partial charge in [-0.1, -0.05) is 0 Å². The molecular weight excluding hydrogens is 370 g/mol. The Balaban J connectivity index is 2.71. The lowest BCUT2D eigenvalue weighted by Crippen LogP contribution is -2.56. The maximum absolute atomic E-state index is 12.6. The fraction of sp³-hybridized carbons (Fsp3) is 0.765. The van der Waals surface area contributed by atoms with E-state index in [1.807, 2.05) is 0 Å². The number of aliphatic carboxylic acids is 1. The van der Waals surface area contributed by atoms with Gasteiger partial charge in [0.25, 0.3) is 0 Å². The van der Waals surface area contributed by atoms with Crippen LogP contribution in [0, 0.1) is 0 Å². The van der Waals surface area contributed by atoms with Crippen LogP contribution in [0.5, 0.6) is 0 Å². The van der Waals surface area contributed by atoms with Gasteiger partial charge in [0.1, 0.15) is 24.2 Å². The van der Waals surface area contributed by atoms with E-state index >= 15 is 0 Å². The van der Waals surface area contributed by atoms with Crippen LogP contribution < -0.4 is 22.1 Å². The first-order valence-electron chi connectivity index (χ1n) is 9.43. The second-order valence-corrected chi connectivity index (χ2v) is 6.89. The van der Waals surface area contributed by atoms with Crippen LogP contribution in [0.25, 0.3) is 0 Å². The van der Waals surface area contributed by atoms with Crippen LogP contribution in [-0.4, -0.2) is 82.7 Å². The van der Waals surface area contributed by atoms with Gasteiger partial charge in [0.15, 0.2) is 0 Å². The number of likely N-dealkylation sites (tertiary alicyclic amines) is 1. The Morgan fingerprint density at radius 2 is 1.89 bits per heavy atom. The van der Waals surface area contributed by atoms with E-state index in [1.165, 1.54) is 11.8 Å². The molecule has 4 atom stereocenters. The van der Waals surface area contributed by atoms with Crippen LogP contribution in [0.1, 0.15) is 39.0 Å². The standard InChI is InChI=1S/C17H31N5O6/c1-10(20-14(24)11(19)9-23)16(26)22-8-4-6-13(22)15(25)21-12(17(27)28)5-2-3-7-18/h10-13,23H,2-9,18-19H2,1H3,(H,20,24)(H,21,25)(H,27,28). The van der Waals surface area contributed by atoms with E-state index < -0.39 is 54.5 Å². The van der Waals surface area contributed by atoms with Crippen molar-refractivity contribution < 1.29 is 29.4 Å². The average Bonchev–Trinajstić information content (AvgIpc) is 3.15. The predicted octanol–water partition coefficient (Wildman–Crippen LogP) is -2.50. The number of hydrogen-bond acceptors (Lipinski definition) is 7. The molecule has 0 aromatic heterocycles. The fourth-order valence-electron chi connectivity index (χ4n) is 3.03. The highest BCUT2D eigenvalue weighted by Gasteiger charge is 2.37. The van der Waals surface area contributed by atoms with Crippen molar-refractivity contribution in [2.24, 2.45) is 11.5 Å². The summed E-state index contributed by atoms with van der Waals surface area (Å²) >= 11 is 0. The number of amides is 3. The maximum atomic E-state index is 12.6. The first-order valence-corrected chi connectivity index (χ1v) is 9.43. The number of carbonyl (C=O) groups excluding carboxylic acids is 3. The quantitative estimate of drug-likeness (QED) is 0.205. The van der Waals surface area contributed by atoms with E-state index in [2.05, 4.69) is 10.6 Å². The highest BCUT2D eigenvalue weighted by Crippen LogP contribution is 2.19. The molecule has 4 unspecified atom stereocenters. The van der Waals surface area contributed by atoms with Crippen molar-refractivity contribution in [1.29, 1.82) is 0 Å². The van der Waals surface area contributed by atoms with Crippen molar-refractivity contribution in [2.75, 3.05) is 19.7 Å². The molecule has 28 heavy (non-hydrogen) atoms. The predicted molar refractivity (Wildman–Crippen MR) is 99.9 cm³/mol. The molecule has 11 heteroatoms. The zero-order valence-corrected chi connectivity index (χ0v) is 16.1. The van der Waals surface area contributed by atoms with E-state index in [0.717, 1.165) is 0 Å². The molecule has 160 valence electrons. The number of carboxylic acids is 1. The molecule has 0 radical (unpaired) electrons. The van der Waals surface area contributed by atoms with Crippen LogP contribution in [0.15, 0.2) is 0 Å². The molecule has 1 fully saturated rings. The summed E-state index contributed by atoms with van der Waals surface area (Å²) < 4.78 is 0. The number of aliphatic hydroxyl groups is 1. The van der Waals surface area contributed by atoms with Crippen molar-refractivity contribution in [3.8, 4) is 0 Å². The number of nitrogens with zero attached hydrogens (tertiary/aromatic N) is 1. The Hall–Kier alpha value is -2.24. The highest BCUT2D eigenvalue weighted by molar-refractivity contribution is 5.94. The normalized spacial score (nSPS) is 19.6. The third-order valence-electron chi connectivity index (χ3n) is 4.66. The molecule has 1 saturated heterocycles. The molecule has 0 bridgehead atoms. The minimum Gasteiger partial charge on any atom is -0.480 e. The van der Waals surface area contributed by atoms with Crippen LogP contribution in [-0.2, 0) is 19.2 Å². The van der Waals surface area contributed by atoms with E-state index in [0.29, 0.717) is 38.8 Å². The first-order chi connectivity index (χ1) is 13.2. The minimum atomic E-state index is -1.14. The number of nitrogens with two attached hydrogens (primary N) is 2. The van der Waals surface area contributed by atoms with E-state index in [1.54, 1.807) is 0 Å². The zero-order chi connectivity index (χ0) is 21.3. The van der Waals surface area contributed by atoms with Crippen molar-refractivity contribution in [2.45, 2.75) is 63.2 Å². The summed E-state index contributed by atoms with van der Waals surface area (Å²) in [6.45, 7) is 1.68. The van der Waals surface area contributed by atoms with Gasteiger partial charge in [-0.05, 0) is 45.6 Å². The Morgan fingerprint density at radius 3 is 2.46 bits per heavy atom. The van der Waals surface area contributed by atoms with Gasteiger partial charge < -0.3 is 37.2 Å². The van der Waals surface area contributed by atoms with Crippen LogP contribution >= 0.6 is 0 Å². The number of hydrogen-bond donors (Lipinski definition) is 6. The lowest BCUT2D eigenvalue weighted by atomic mass is 10.1. The first kappa shape index (κ1) is 23.8. The Kier molecular flexibility index (Phi) is 9.83. The third-order valence-corrected chi connectivity index (χ3v) is 4.66. The lowest BCUT2D eigenvalue weighted by Gasteiger charge is -2.28. The summed E-state index contributed by atoms with van der Waals surface area (Å²) in [5, 5.41) is 23.1. The van der Waals surface area contributed by atoms with Crippen molar-refractivity contribution in [3.05, 3.63) is 0 Å². The summed E-state index contributed by atoms with van der Waals surface area (Å²) in [6.07, 6.45) is 2.47. The number of carboxylic acid groups (broad SMARTS) is 1. The summed E-state index contributed by atoms with van der Waals surface area (Å²) in [5.74, 6) is -2.81. The van der Waals surface area contributed by atoms with Gasteiger partial charge in [0.05, 0.1) is 6.61 Å². The van der Waals surface area contributed by atoms with Gasteiger partial charge in [-0.25, -0.2) is 4.79 Å². The van der Waals surface area contributed by atoms with Crippen LogP contribution in [0.2, 0.25) is 0 Å². The summed E-state index contributed by atoms with van der Waals surface area (Å²) in [7, 11) is 0. The molecule has 3 amide bonds. The smallest absolute Gasteiger partial charge is 0.326 e. The second-order valence-electron chi connectivity index (χ2n) is 6.89. The fourth-order valence-corrected chi connectivity index (χ4v) is 3.03.